The predicted molar refractivity (Wildman–Crippen MR) is 129 cm³/mol. The van der Waals surface area contributed by atoms with Crippen LogP contribution in [-0.2, 0) is 11.0 Å². The predicted octanol–water partition coefficient (Wildman–Crippen LogP) is 1.42. The van der Waals surface area contributed by atoms with Gasteiger partial charge in [-0.15, -0.1) is 0 Å². The molecule has 3 rings (SSSR count). The van der Waals surface area contributed by atoms with E-state index >= 15 is 0 Å². The van der Waals surface area contributed by atoms with E-state index in [1.54, 1.807) is 13.8 Å². The van der Waals surface area contributed by atoms with Gasteiger partial charge in [-0.2, -0.15) is 13.2 Å². The van der Waals surface area contributed by atoms with Crippen LogP contribution in [0.2, 0.25) is 0 Å². The van der Waals surface area contributed by atoms with Crippen molar-refractivity contribution < 1.29 is 32.7 Å². The fourth-order valence-electron chi connectivity index (χ4n) is 2.96. The number of aromatic nitrogens is 3. The lowest BCUT2D eigenvalue weighted by molar-refractivity contribution is -0.138. The largest absolute Gasteiger partial charge is 0.506 e. The third-order valence-corrected chi connectivity index (χ3v) is 5.47. The van der Waals surface area contributed by atoms with Gasteiger partial charge in [-0.05, 0) is 26.8 Å². The molecule has 1 saturated heterocycles. The van der Waals surface area contributed by atoms with Crippen molar-refractivity contribution in [1.82, 2.24) is 30.9 Å². The first-order valence-corrected chi connectivity index (χ1v) is 11.3. The molecule has 0 bridgehead atoms. The lowest BCUT2D eigenvalue weighted by atomic mass is 10.1. The summed E-state index contributed by atoms with van der Waals surface area (Å²) in [7, 11) is 0. The van der Waals surface area contributed by atoms with Gasteiger partial charge in [0.05, 0.1) is 18.3 Å². The van der Waals surface area contributed by atoms with E-state index in [1.165, 1.54) is 19.2 Å². The first-order valence-electron chi connectivity index (χ1n) is 11.3. The first-order chi connectivity index (χ1) is 17.8. The third-order valence-electron chi connectivity index (χ3n) is 5.47. The minimum absolute atomic E-state index is 0.00179. The van der Waals surface area contributed by atoms with Crippen LogP contribution in [-0.4, -0.2) is 68.7 Å². The second-order valence-corrected chi connectivity index (χ2v) is 8.43. The van der Waals surface area contributed by atoms with Crippen molar-refractivity contribution in [3.63, 3.8) is 0 Å². The lowest BCUT2D eigenvalue weighted by Gasteiger charge is -2.27. The van der Waals surface area contributed by atoms with E-state index in [0.717, 1.165) is 6.33 Å². The zero-order valence-corrected chi connectivity index (χ0v) is 20.6. The molecule has 3 amide bonds. The zero-order valence-electron chi connectivity index (χ0n) is 20.6. The van der Waals surface area contributed by atoms with Crippen molar-refractivity contribution in [3.05, 3.63) is 53.4 Å². The van der Waals surface area contributed by atoms with Gasteiger partial charge >= 0.3 is 6.18 Å². The quantitative estimate of drug-likeness (QED) is 0.250. The minimum Gasteiger partial charge on any atom is -0.506 e. The summed E-state index contributed by atoms with van der Waals surface area (Å²) in [5.41, 5.74) is -0.876. The highest BCUT2D eigenvalue weighted by Crippen LogP contribution is 2.36. The van der Waals surface area contributed by atoms with Gasteiger partial charge in [0.25, 0.3) is 17.7 Å². The van der Waals surface area contributed by atoms with Gasteiger partial charge < -0.3 is 26.4 Å². The SMILES string of the molecule is C/C(=C\N=C(/C)C(C)NC(=O)c1cc(C(=O)NC2CNC2)ncn1)C(=O)Nc1cc(C(F)(F)F)c(O)cn1. The van der Waals surface area contributed by atoms with Crippen LogP contribution in [0, 0.1) is 0 Å². The number of carbonyl (C=O) groups is 3. The number of amides is 3. The van der Waals surface area contributed by atoms with Crippen LogP contribution >= 0.6 is 0 Å². The normalized spacial score (nSPS) is 15.3. The highest BCUT2D eigenvalue weighted by Gasteiger charge is 2.34. The summed E-state index contributed by atoms with van der Waals surface area (Å²) >= 11 is 0. The summed E-state index contributed by atoms with van der Waals surface area (Å²) in [6.07, 6.45) is -1.95. The fourth-order valence-corrected chi connectivity index (χ4v) is 2.96. The van der Waals surface area contributed by atoms with Gasteiger partial charge in [-0.25, -0.2) is 15.0 Å². The average molecular weight is 534 g/mol. The molecular weight excluding hydrogens is 509 g/mol. The molecule has 0 aromatic carbocycles. The lowest BCUT2D eigenvalue weighted by Crippen LogP contribution is -2.57. The monoisotopic (exact) mass is 534 g/mol. The topological polar surface area (TPSA) is 171 Å². The molecule has 0 saturated carbocycles. The number of nitrogens with one attached hydrogen (secondary N) is 4. The van der Waals surface area contributed by atoms with Crippen molar-refractivity contribution in [2.24, 2.45) is 4.99 Å². The molecule has 1 unspecified atom stereocenters. The average Bonchev–Trinajstić information content (AvgIpc) is 2.84. The number of pyridine rings is 1. The van der Waals surface area contributed by atoms with Crippen LogP contribution in [0.25, 0.3) is 0 Å². The van der Waals surface area contributed by atoms with E-state index in [4.69, 9.17) is 0 Å². The maximum Gasteiger partial charge on any atom is 0.420 e. The van der Waals surface area contributed by atoms with Crippen LogP contribution in [0.15, 0.2) is 41.4 Å². The Kier molecular flexibility index (Phi) is 8.72. The van der Waals surface area contributed by atoms with Crippen LogP contribution in [0.3, 0.4) is 0 Å². The Morgan fingerprint density at radius 3 is 2.39 bits per heavy atom. The molecule has 5 N–H and O–H groups in total. The Bertz CT molecular complexity index is 1290. The third kappa shape index (κ3) is 7.32. The van der Waals surface area contributed by atoms with Crippen molar-refractivity contribution in [1.29, 1.82) is 0 Å². The number of hydrogen-bond donors (Lipinski definition) is 5. The molecule has 1 fully saturated rings. The van der Waals surface area contributed by atoms with Gasteiger partial charge in [0.1, 0.15) is 34.8 Å². The van der Waals surface area contributed by atoms with Gasteiger partial charge in [-0.1, -0.05) is 0 Å². The molecule has 1 atom stereocenters. The van der Waals surface area contributed by atoms with Crippen LogP contribution < -0.4 is 21.3 Å². The van der Waals surface area contributed by atoms with Gasteiger partial charge in [-0.3, -0.25) is 19.4 Å². The highest BCUT2D eigenvalue weighted by atomic mass is 19.4. The molecule has 202 valence electrons. The molecule has 2 aromatic heterocycles. The Morgan fingerprint density at radius 2 is 1.79 bits per heavy atom. The molecule has 0 aliphatic carbocycles. The van der Waals surface area contributed by atoms with Gasteiger partial charge in [0, 0.05) is 36.6 Å². The van der Waals surface area contributed by atoms with E-state index in [-0.39, 0.29) is 23.0 Å². The fraction of sp³-hybridized carbons (Fsp3) is 0.348. The van der Waals surface area contributed by atoms with Crippen LogP contribution in [0.4, 0.5) is 19.0 Å². The molecule has 15 heteroatoms. The molecule has 2 aromatic rings. The van der Waals surface area contributed by atoms with Crippen LogP contribution in [0.5, 0.6) is 5.75 Å². The summed E-state index contributed by atoms with van der Waals surface area (Å²) < 4.78 is 38.8. The number of hydrogen-bond acceptors (Lipinski definition) is 9. The molecule has 1 aliphatic rings. The number of halogens is 3. The van der Waals surface area contributed by atoms with E-state index < -0.39 is 47.1 Å². The van der Waals surface area contributed by atoms with Crippen LogP contribution in [0.1, 0.15) is 47.3 Å². The first kappa shape index (κ1) is 28.2. The zero-order chi connectivity index (χ0) is 28.0. The molecule has 38 heavy (non-hydrogen) atoms. The molecule has 12 nitrogen and oxygen atoms in total. The minimum atomic E-state index is -4.83. The van der Waals surface area contributed by atoms with Crippen molar-refractivity contribution >= 4 is 29.3 Å². The summed E-state index contributed by atoms with van der Waals surface area (Å²) in [4.78, 5) is 52.7. The van der Waals surface area contributed by atoms with Crippen molar-refractivity contribution in [3.8, 4) is 5.75 Å². The summed E-state index contributed by atoms with van der Waals surface area (Å²) in [6, 6.07) is 1.18. The smallest absolute Gasteiger partial charge is 0.420 e. The van der Waals surface area contributed by atoms with Crippen molar-refractivity contribution in [2.75, 3.05) is 18.4 Å². The van der Waals surface area contributed by atoms with E-state index in [0.29, 0.717) is 31.1 Å². The molecule has 1 aliphatic heterocycles. The second kappa shape index (κ2) is 11.8. The number of carbonyl (C=O) groups excluding carboxylic acids is 3. The number of rotatable bonds is 8. The Labute approximate surface area is 214 Å². The Morgan fingerprint density at radius 1 is 1.13 bits per heavy atom. The molecular formula is C23H25F3N8O4. The highest BCUT2D eigenvalue weighted by molar-refractivity contribution is 6.03. The van der Waals surface area contributed by atoms with E-state index in [1.807, 2.05) is 0 Å². The standard InChI is InChI=1S/C23H25F3N8O4/c1-11(20(36)34-19-4-15(23(24,25)26)18(35)9-29-19)6-28-12(2)13(3)32-21(37)16-5-17(31-10-30-16)22(38)33-14-7-27-8-14/h4-6,9-10,13-14,27,35H,7-8H2,1-3H3,(H,32,37)(H,33,38)(H,29,34,36)/b11-6+,28-12+. The Balaban J connectivity index is 1.60. The molecule has 0 radical (unpaired) electrons. The summed E-state index contributed by atoms with van der Waals surface area (Å²) in [5, 5.41) is 20.0. The molecule has 3 heterocycles. The number of aliphatic imine (C=N–C) groups is 1. The maximum absolute atomic E-state index is 12.9. The number of nitrogens with zero attached hydrogens (tertiary/aromatic N) is 4. The maximum atomic E-state index is 12.9. The van der Waals surface area contributed by atoms with Crippen molar-refractivity contribution in [2.45, 2.75) is 39.0 Å². The van der Waals surface area contributed by atoms with Gasteiger partial charge in [0.2, 0.25) is 0 Å². The van der Waals surface area contributed by atoms with E-state index in [9.17, 15) is 32.7 Å². The van der Waals surface area contributed by atoms with Gasteiger partial charge in [0.15, 0.2) is 0 Å². The summed E-state index contributed by atoms with van der Waals surface area (Å²) in [6.45, 7) is 5.92. The summed E-state index contributed by atoms with van der Waals surface area (Å²) in [5.74, 6) is -3.24. The van der Waals surface area contributed by atoms with E-state index in [2.05, 4.69) is 41.2 Å². The number of anilines is 1. The molecule has 0 spiro atoms. The Hall–Kier alpha value is -4.40. The number of aromatic hydroxyl groups is 1. The number of alkyl halides is 3. The second-order valence-electron chi connectivity index (χ2n) is 8.43.